The second-order valence-corrected chi connectivity index (χ2v) is 7.52. The molecule has 0 radical (unpaired) electrons. The largest absolute Gasteiger partial charge is 0.167 e. The van der Waals surface area contributed by atoms with Crippen molar-refractivity contribution in [2.24, 2.45) is 0 Å². The van der Waals surface area contributed by atoms with Crippen molar-refractivity contribution < 1.29 is 0 Å². The SMILES string of the molecule is CCCCCCCC(Cl)(Cl)Sc1ccccc1. The molecule has 1 aromatic rings. The first-order valence-corrected chi connectivity index (χ1v) is 7.83. The number of unbranched alkanes of at least 4 members (excludes halogenated alkanes) is 4. The normalized spacial score (nSPS) is 11.7. The average Bonchev–Trinajstić information content (AvgIpc) is 2.29. The van der Waals surface area contributed by atoms with Crippen LogP contribution in [0.15, 0.2) is 35.2 Å². The van der Waals surface area contributed by atoms with E-state index in [2.05, 4.69) is 6.92 Å². The van der Waals surface area contributed by atoms with E-state index in [1.807, 2.05) is 30.3 Å². The average molecular weight is 291 g/mol. The molecule has 96 valence electrons. The van der Waals surface area contributed by atoms with Gasteiger partial charge in [-0.05, 0) is 25.0 Å². The van der Waals surface area contributed by atoms with Gasteiger partial charge in [-0.3, -0.25) is 0 Å². The minimum atomic E-state index is -0.687. The van der Waals surface area contributed by atoms with Gasteiger partial charge >= 0.3 is 0 Å². The summed E-state index contributed by atoms with van der Waals surface area (Å²) in [6.07, 6.45) is 7.04. The summed E-state index contributed by atoms with van der Waals surface area (Å²) in [4.78, 5) is 1.13. The Morgan fingerprint density at radius 2 is 1.65 bits per heavy atom. The molecule has 0 nitrogen and oxygen atoms in total. The van der Waals surface area contributed by atoms with Crippen molar-refractivity contribution in [2.45, 2.75) is 54.0 Å². The van der Waals surface area contributed by atoms with Crippen LogP contribution in [0.2, 0.25) is 0 Å². The van der Waals surface area contributed by atoms with Crippen molar-refractivity contribution in [2.75, 3.05) is 0 Å². The zero-order valence-electron chi connectivity index (χ0n) is 10.3. The van der Waals surface area contributed by atoms with Crippen LogP contribution in [-0.2, 0) is 0 Å². The summed E-state index contributed by atoms with van der Waals surface area (Å²) in [6.45, 7) is 2.22. The van der Waals surface area contributed by atoms with Gasteiger partial charge in [0.25, 0.3) is 0 Å². The number of halogens is 2. The van der Waals surface area contributed by atoms with Crippen LogP contribution < -0.4 is 0 Å². The minimum Gasteiger partial charge on any atom is -0.0891 e. The quantitative estimate of drug-likeness (QED) is 0.309. The van der Waals surface area contributed by atoms with Crippen LogP contribution in [0, 0.1) is 0 Å². The van der Waals surface area contributed by atoms with Crippen LogP contribution in [-0.4, -0.2) is 3.67 Å². The van der Waals surface area contributed by atoms with Crippen molar-refractivity contribution in [1.29, 1.82) is 0 Å². The predicted molar refractivity (Wildman–Crippen MR) is 80.1 cm³/mol. The van der Waals surface area contributed by atoms with E-state index in [1.54, 1.807) is 11.8 Å². The highest BCUT2D eigenvalue weighted by molar-refractivity contribution is 8.03. The number of alkyl halides is 2. The second kappa shape index (κ2) is 8.29. The van der Waals surface area contributed by atoms with E-state index in [0.29, 0.717) is 0 Å². The van der Waals surface area contributed by atoms with Crippen LogP contribution >= 0.6 is 35.0 Å². The molecule has 1 rings (SSSR count). The van der Waals surface area contributed by atoms with Crippen molar-refractivity contribution in [1.82, 2.24) is 0 Å². The fourth-order valence-electron chi connectivity index (χ4n) is 1.65. The van der Waals surface area contributed by atoms with E-state index < -0.39 is 3.67 Å². The van der Waals surface area contributed by atoms with Gasteiger partial charge in [0.1, 0.15) is 0 Å². The number of benzene rings is 1. The molecule has 1 aromatic carbocycles. The highest BCUT2D eigenvalue weighted by Crippen LogP contribution is 2.43. The number of hydrogen-bond acceptors (Lipinski definition) is 1. The summed E-state index contributed by atoms with van der Waals surface area (Å²) in [7, 11) is 0. The molecular formula is C14H20Cl2S. The van der Waals surface area contributed by atoms with Gasteiger partial charge in [-0.2, -0.15) is 0 Å². The minimum absolute atomic E-state index is 0.687. The molecule has 3 heteroatoms. The number of thioether (sulfide) groups is 1. The maximum atomic E-state index is 6.31. The van der Waals surface area contributed by atoms with Gasteiger partial charge in [0, 0.05) is 4.90 Å². The molecule has 0 aliphatic heterocycles. The predicted octanol–water partition coefficient (Wildman–Crippen LogP) is 6.27. The Labute approximate surface area is 119 Å². The van der Waals surface area contributed by atoms with Crippen molar-refractivity contribution in [3.8, 4) is 0 Å². The van der Waals surface area contributed by atoms with E-state index in [-0.39, 0.29) is 0 Å². The van der Waals surface area contributed by atoms with E-state index in [9.17, 15) is 0 Å². The zero-order valence-corrected chi connectivity index (χ0v) is 12.6. The highest BCUT2D eigenvalue weighted by Gasteiger charge is 2.24. The maximum absolute atomic E-state index is 6.31. The molecule has 0 aliphatic carbocycles. The Hall–Kier alpha value is 0.150. The topological polar surface area (TPSA) is 0 Å². The first-order chi connectivity index (χ1) is 8.14. The molecule has 0 saturated carbocycles. The molecule has 0 fully saturated rings. The van der Waals surface area contributed by atoms with Crippen molar-refractivity contribution in [3.63, 3.8) is 0 Å². The van der Waals surface area contributed by atoms with Gasteiger partial charge in [0.05, 0.1) is 0 Å². The van der Waals surface area contributed by atoms with Crippen molar-refractivity contribution in [3.05, 3.63) is 30.3 Å². The standard InChI is InChI=1S/C14H20Cl2S/c1-2-3-4-5-9-12-14(15,16)17-13-10-7-6-8-11-13/h6-8,10-11H,2-5,9,12H2,1H3. The molecule has 0 bridgehead atoms. The lowest BCUT2D eigenvalue weighted by Crippen LogP contribution is -2.06. The lowest BCUT2D eigenvalue weighted by Gasteiger charge is -2.18. The first-order valence-electron chi connectivity index (χ1n) is 6.26. The van der Waals surface area contributed by atoms with Gasteiger partial charge in [-0.1, -0.05) is 85.8 Å². The molecule has 0 aromatic heterocycles. The Morgan fingerprint density at radius 1 is 1.00 bits per heavy atom. The van der Waals surface area contributed by atoms with Crippen LogP contribution in [0.25, 0.3) is 0 Å². The van der Waals surface area contributed by atoms with Crippen LogP contribution in [0.1, 0.15) is 45.4 Å². The summed E-state index contributed by atoms with van der Waals surface area (Å²) in [6, 6.07) is 10.1. The summed E-state index contributed by atoms with van der Waals surface area (Å²) >= 11 is 14.2. The van der Waals surface area contributed by atoms with Crippen LogP contribution in [0.3, 0.4) is 0 Å². The van der Waals surface area contributed by atoms with E-state index in [4.69, 9.17) is 23.2 Å². The zero-order chi connectivity index (χ0) is 12.6. The maximum Gasteiger partial charge on any atom is 0.167 e. The Morgan fingerprint density at radius 3 is 2.29 bits per heavy atom. The smallest absolute Gasteiger partial charge is 0.0891 e. The van der Waals surface area contributed by atoms with Gasteiger partial charge in [-0.15, -0.1) is 0 Å². The Balaban J connectivity index is 2.26. The van der Waals surface area contributed by atoms with Crippen LogP contribution in [0.5, 0.6) is 0 Å². The molecule has 0 N–H and O–H groups in total. The molecule has 17 heavy (non-hydrogen) atoms. The van der Waals surface area contributed by atoms with Crippen LogP contribution in [0.4, 0.5) is 0 Å². The molecule has 0 amide bonds. The molecule has 0 heterocycles. The molecule has 0 aliphatic rings. The summed E-state index contributed by atoms with van der Waals surface area (Å²) in [5.74, 6) is 0. The van der Waals surface area contributed by atoms with Gasteiger partial charge in [0.2, 0.25) is 0 Å². The fraction of sp³-hybridized carbons (Fsp3) is 0.571. The molecule has 0 atom stereocenters. The Bertz CT molecular complexity index is 298. The third-order valence-electron chi connectivity index (χ3n) is 2.58. The van der Waals surface area contributed by atoms with E-state index in [1.165, 1.54) is 25.7 Å². The highest BCUT2D eigenvalue weighted by atomic mass is 35.5. The van der Waals surface area contributed by atoms with Gasteiger partial charge in [0.15, 0.2) is 3.67 Å². The van der Waals surface area contributed by atoms with Crippen molar-refractivity contribution >= 4 is 35.0 Å². The second-order valence-electron chi connectivity index (χ2n) is 4.22. The Kier molecular flexibility index (Phi) is 7.41. The lowest BCUT2D eigenvalue weighted by atomic mass is 10.1. The van der Waals surface area contributed by atoms with Gasteiger partial charge < -0.3 is 0 Å². The lowest BCUT2D eigenvalue weighted by molar-refractivity contribution is 0.614. The first kappa shape index (κ1) is 15.2. The molecule has 0 unspecified atom stereocenters. The molecule has 0 saturated heterocycles. The van der Waals surface area contributed by atoms with Gasteiger partial charge in [-0.25, -0.2) is 0 Å². The summed E-state index contributed by atoms with van der Waals surface area (Å²) < 4.78 is -0.687. The molecular weight excluding hydrogens is 271 g/mol. The third-order valence-corrected chi connectivity index (χ3v) is 4.43. The third kappa shape index (κ3) is 7.23. The number of rotatable bonds is 8. The molecule has 0 spiro atoms. The number of hydrogen-bond donors (Lipinski definition) is 0. The monoisotopic (exact) mass is 290 g/mol. The summed E-state index contributed by atoms with van der Waals surface area (Å²) in [5, 5.41) is 0. The van der Waals surface area contributed by atoms with E-state index >= 15 is 0 Å². The summed E-state index contributed by atoms with van der Waals surface area (Å²) in [5.41, 5.74) is 0. The fourth-order valence-corrected chi connectivity index (χ4v) is 3.33. The van der Waals surface area contributed by atoms with E-state index in [0.717, 1.165) is 17.7 Å².